The van der Waals surface area contributed by atoms with Crippen LogP contribution in [0.5, 0.6) is 11.5 Å². The maximum Gasteiger partial charge on any atom is 0.127 e. The Bertz CT molecular complexity index is 506. The normalized spacial score (nSPS) is 32.9. The van der Waals surface area contributed by atoms with E-state index < -0.39 is 0 Å². The Morgan fingerprint density at radius 3 is 2.79 bits per heavy atom. The van der Waals surface area contributed by atoms with Crippen LogP contribution in [0.4, 0.5) is 0 Å². The van der Waals surface area contributed by atoms with Crippen LogP contribution >= 0.6 is 0 Å². The molecule has 2 nitrogen and oxygen atoms in total. The summed E-state index contributed by atoms with van der Waals surface area (Å²) in [4.78, 5) is 0. The van der Waals surface area contributed by atoms with Crippen molar-refractivity contribution in [3.05, 3.63) is 23.3 Å². The van der Waals surface area contributed by atoms with Crippen molar-refractivity contribution in [1.29, 1.82) is 0 Å². The van der Waals surface area contributed by atoms with Crippen LogP contribution in [0.25, 0.3) is 0 Å². The summed E-state index contributed by atoms with van der Waals surface area (Å²) in [5.41, 5.74) is 2.04. The minimum absolute atomic E-state index is 0.0971. The smallest absolute Gasteiger partial charge is 0.127 e. The zero-order valence-corrected chi connectivity index (χ0v) is 12.4. The first-order valence-electron chi connectivity index (χ1n) is 7.46. The van der Waals surface area contributed by atoms with Crippen molar-refractivity contribution in [2.45, 2.75) is 58.5 Å². The van der Waals surface area contributed by atoms with Gasteiger partial charge in [0.05, 0.1) is 0 Å². The molecule has 1 N–H and O–H groups in total. The van der Waals surface area contributed by atoms with E-state index in [2.05, 4.69) is 26.8 Å². The fourth-order valence-corrected chi connectivity index (χ4v) is 4.04. The second-order valence-corrected chi connectivity index (χ2v) is 6.84. The molecule has 0 unspecified atom stereocenters. The molecule has 0 saturated heterocycles. The van der Waals surface area contributed by atoms with Crippen LogP contribution in [0, 0.1) is 18.8 Å². The highest BCUT2D eigenvalue weighted by Crippen LogP contribution is 2.58. The molecule has 19 heavy (non-hydrogen) atoms. The number of phenols is 1. The first-order valence-corrected chi connectivity index (χ1v) is 7.46. The summed E-state index contributed by atoms with van der Waals surface area (Å²) in [7, 11) is 0. The van der Waals surface area contributed by atoms with Crippen molar-refractivity contribution < 1.29 is 9.84 Å². The van der Waals surface area contributed by atoms with Crippen LogP contribution in [0.15, 0.2) is 12.1 Å². The molecule has 1 saturated carbocycles. The van der Waals surface area contributed by atoms with Gasteiger partial charge in [-0.3, -0.25) is 0 Å². The standard InChI is InChI=1S/C17H24O2/c1-10(2)17-6-5-11(3)7-13(17)16-14(18)8-12(4)9-15(16)19-17/h8-11,13,18H,5-7H2,1-4H3/t11-,13+,17-/m1/s1. The number of phenolic OH excluding ortho intramolecular Hbond substituents is 1. The van der Waals surface area contributed by atoms with E-state index in [1.54, 1.807) is 0 Å². The van der Waals surface area contributed by atoms with Crippen LogP contribution in [0.3, 0.4) is 0 Å². The summed E-state index contributed by atoms with van der Waals surface area (Å²) in [5, 5.41) is 10.4. The zero-order chi connectivity index (χ0) is 13.8. The van der Waals surface area contributed by atoms with Gasteiger partial charge in [-0.1, -0.05) is 20.8 Å². The maximum atomic E-state index is 10.4. The molecule has 0 amide bonds. The predicted octanol–water partition coefficient (Wildman–Crippen LogP) is 4.39. The molecule has 0 radical (unpaired) electrons. The number of hydrogen-bond acceptors (Lipinski definition) is 2. The minimum atomic E-state index is -0.0971. The Balaban J connectivity index is 2.13. The van der Waals surface area contributed by atoms with Crippen molar-refractivity contribution in [2.24, 2.45) is 11.8 Å². The Kier molecular flexibility index (Phi) is 2.81. The van der Waals surface area contributed by atoms with E-state index in [-0.39, 0.29) is 5.60 Å². The van der Waals surface area contributed by atoms with Gasteiger partial charge >= 0.3 is 0 Å². The molecule has 1 heterocycles. The summed E-state index contributed by atoms with van der Waals surface area (Å²) >= 11 is 0. The molecule has 1 aliphatic carbocycles. The molecule has 1 aromatic carbocycles. The second-order valence-electron chi connectivity index (χ2n) is 6.84. The van der Waals surface area contributed by atoms with E-state index in [1.807, 2.05) is 13.0 Å². The van der Waals surface area contributed by atoms with E-state index in [9.17, 15) is 5.11 Å². The number of fused-ring (bicyclic) bond motifs is 3. The first kappa shape index (κ1) is 12.8. The van der Waals surface area contributed by atoms with Gasteiger partial charge in [0.2, 0.25) is 0 Å². The molecule has 1 aliphatic heterocycles. The largest absolute Gasteiger partial charge is 0.508 e. The molecule has 2 aliphatic rings. The van der Waals surface area contributed by atoms with E-state index in [0.717, 1.165) is 29.7 Å². The lowest BCUT2D eigenvalue weighted by Crippen LogP contribution is -2.46. The van der Waals surface area contributed by atoms with Crippen molar-refractivity contribution in [3.8, 4) is 11.5 Å². The fraction of sp³-hybridized carbons (Fsp3) is 0.647. The Hall–Kier alpha value is -1.18. The van der Waals surface area contributed by atoms with Gasteiger partial charge in [0.15, 0.2) is 0 Å². The molecule has 0 aromatic heterocycles. The minimum Gasteiger partial charge on any atom is -0.508 e. The SMILES string of the molecule is Cc1cc(O)c2c(c1)O[C@@]1(C(C)C)CC[C@@H](C)C[C@@H]21. The van der Waals surface area contributed by atoms with E-state index in [4.69, 9.17) is 4.74 Å². The molecule has 1 fully saturated rings. The maximum absolute atomic E-state index is 10.4. The zero-order valence-electron chi connectivity index (χ0n) is 12.4. The Labute approximate surface area is 115 Å². The third-order valence-corrected chi connectivity index (χ3v) is 5.15. The van der Waals surface area contributed by atoms with Gasteiger partial charge in [-0.2, -0.15) is 0 Å². The predicted molar refractivity (Wildman–Crippen MR) is 76.8 cm³/mol. The monoisotopic (exact) mass is 260 g/mol. The topological polar surface area (TPSA) is 29.5 Å². The van der Waals surface area contributed by atoms with Gasteiger partial charge in [0, 0.05) is 11.5 Å². The lowest BCUT2D eigenvalue weighted by Gasteiger charge is -2.43. The number of rotatable bonds is 1. The average molecular weight is 260 g/mol. The summed E-state index contributed by atoms with van der Waals surface area (Å²) < 4.78 is 6.41. The molecule has 0 bridgehead atoms. The number of ether oxygens (including phenoxy) is 1. The third-order valence-electron chi connectivity index (χ3n) is 5.15. The van der Waals surface area contributed by atoms with Crippen LogP contribution < -0.4 is 4.74 Å². The number of aromatic hydroxyl groups is 1. The molecular formula is C17H24O2. The number of benzene rings is 1. The summed E-state index contributed by atoms with van der Waals surface area (Å²) in [6.07, 6.45) is 3.45. The van der Waals surface area contributed by atoms with Gasteiger partial charge in [0.1, 0.15) is 17.1 Å². The third kappa shape index (κ3) is 1.76. The fourth-order valence-electron chi connectivity index (χ4n) is 4.04. The highest BCUT2D eigenvalue weighted by atomic mass is 16.5. The van der Waals surface area contributed by atoms with E-state index in [0.29, 0.717) is 23.5 Å². The van der Waals surface area contributed by atoms with Crippen LogP contribution in [0.1, 0.15) is 57.1 Å². The summed E-state index contributed by atoms with van der Waals surface area (Å²) in [6.45, 7) is 8.82. The average Bonchev–Trinajstić information content (AvgIpc) is 2.63. The van der Waals surface area contributed by atoms with E-state index in [1.165, 1.54) is 6.42 Å². The van der Waals surface area contributed by atoms with Crippen molar-refractivity contribution in [1.82, 2.24) is 0 Å². The molecule has 104 valence electrons. The van der Waals surface area contributed by atoms with Crippen molar-refractivity contribution in [2.75, 3.05) is 0 Å². The Morgan fingerprint density at radius 2 is 2.11 bits per heavy atom. The van der Waals surface area contributed by atoms with Crippen molar-refractivity contribution in [3.63, 3.8) is 0 Å². The number of aryl methyl sites for hydroxylation is 1. The van der Waals surface area contributed by atoms with Crippen LogP contribution in [0.2, 0.25) is 0 Å². The summed E-state index contributed by atoms with van der Waals surface area (Å²) in [5.74, 6) is 2.89. The highest BCUT2D eigenvalue weighted by Gasteiger charge is 2.53. The number of hydrogen-bond donors (Lipinski definition) is 1. The van der Waals surface area contributed by atoms with Gasteiger partial charge in [-0.25, -0.2) is 0 Å². The lowest BCUT2D eigenvalue weighted by molar-refractivity contribution is -0.0188. The molecule has 3 rings (SSSR count). The quantitative estimate of drug-likeness (QED) is 0.811. The van der Waals surface area contributed by atoms with Gasteiger partial charge < -0.3 is 9.84 Å². The van der Waals surface area contributed by atoms with E-state index >= 15 is 0 Å². The molecule has 0 spiro atoms. The molecular weight excluding hydrogens is 236 g/mol. The van der Waals surface area contributed by atoms with Gasteiger partial charge in [-0.05, 0) is 55.7 Å². The van der Waals surface area contributed by atoms with Gasteiger partial charge in [0.25, 0.3) is 0 Å². The Morgan fingerprint density at radius 1 is 1.37 bits per heavy atom. The molecule has 3 atom stereocenters. The molecule has 2 heteroatoms. The van der Waals surface area contributed by atoms with Crippen LogP contribution in [-0.4, -0.2) is 10.7 Å². The second kappa shape index (κ2) is 4.16. The van der Waals surface area contributed by atoms with Crippen LogP contribution in [-0.2, 0) is 0 Å². The van der Waals surface area contributed by atoms with Crippen molar-refractivity contribution >= 4 is 0 Å². The lowest BCUT2D eigenvalue weighted by atomic mass is 9.65. The highest BCUT2D eigenvalue weighted by molar-refractivity contribution is 5.54. The first-order chi connectivity index (χ1) is 8.94. The summed E-state index contributed by atoms with van der Waals surface area (Å²) in [6, 6.07) is 3.96. The molecule has 1 aromatic rings. The van der Waals surface area contributed by atoms with Gasteiger partial charge in [-0.15, -0.1) is 0 Å².